The van der Waals surface area contributed by atoms with Crippen molar-refractivity contribution in [3.63, 3.8) is 0 Å². The van der Waals surface area contributed by atoms with E-state index >= 15 is 0 Å². The van der Waals surface area contributed by atoms with Gasteiger partial charge in [-0.05, 0) is 27.2 Å². The number of carbonyl (C=O) groups excluding carboxylic acids is 1. The summed E-state index contributed by atoms with van der Waals surface area (Å²) in [5.74, 6) is -0.0408. The Morgan fingerprint density at radius 1 is 1.46 bits per heavy atom. The van der Waals surface area contributed by atoms with Crippen LogP contribution in [0.4, 0.5) is 0 Å². The van der Waals surface area contributed by atoms with Crippen molar-refractivity contribution in [2.24, 2.45) is 5.73 Å². The van der Waals surface area contributed by atoms with Gasteiger partial charge < -0.3 is 11.1 Å². The molecule has 0 spiro atoms. The molecular formula is C10H22N2O. The molecule has 0 radical (unpaired) electrons. The molecule has 0 rings (SSSR count). The number of hydrogen-bond acceptors (Lipinski definition) is 2. The molecule has 1 amide bonds. The van der Waals surface area contributed by atoms with Crippen LogP contribution in [-0.2, 0) is 4.79 Å². The lowest BCUT2D eigenvalue weighted by Crippen LogP contribution is -2.48. The normalized spacial score (nSPS) is 13.9. The van der Waals surface area contributed by atoms with E-state index in [2.05, 4.69) is 12.2 Å². The lowest BCUT2D eigenvalue weighted by Gasteiger charge is -2.23. The predicted molar refractivity (Wildman–Crippen MR) is 55.4 cm³/mol. The van der Waals surface area contributed by atoms with Gasteiger partial charge in [-0.3, -0.25) is 4.79 Å². The van der Waals surface area contributed by atoms with Crippen molar-refractivity contribution in [2.75, 3.05) is 0 Å². The predicted octanol–water partition coefficient (Wildman–Crippen LogP) is 1.42. The van der Waals surface area contributed by atoms with E-state index in [0.717, 1.165) is 19.3 Å². The van der Waals surface area contributed by atoms with Crippen LogP contribution in [0, 0.1) is 0 Å². The van der Waals surface area contributed by atoms with Crippen molar-refractivity contribution in [3.05, 3.63) is 0 Å². The summed E-state index contributed by atoms with van der Waals surface area (Å²) in [6, 6.07) is -0.348. The maximum atomic E-state index is 11.4. The van der Waals surface area contributed by atoms with Crippen LogP contribution in [0.2, 0.25) is 0 Å². The van der Waals surface area contributed by atoms with Gasteiger partial charge in [0.25, 0.3) is 0 Å². The first-order valence-corrected chi connectivity index (χ1v) is 4.94. The second-order valence-corrected chi connectivity index (χ2v) is 4.49. The van der Waals surface area contributed by atoms with Gasteiger partial charge in [0.05, 0.1) is 6.04 Å². The van der Waals surface area contributed by atoms with Crippen molar-refractivity contribution < 1.29 is 4.79 Å². The van der Waals surface area contributed by atoms with Crippen LogP contribution in [0.3, 0.4) is 0 Å². The molecule has 0 unspecified atom stereocenters. The van der Waals surface area contributed by atoms with E-state index in [-0.39, 0.29) is 17.5 Å². The minimum Gasteiger partial charge on any atom is -0.350 e. The van der Waals surface area contributed by atoms with Gasteiger partial charge in [-0.25, -0.2) is 0 Å². The van der Waals surface area contributed by atoms with Gasteiger partial charge in [0.2, 0.25) is 5.91 Å². The zero-order valence-corrected chi connectivity index (χ0v) is 9.18. The fourth-order valence-corrected chi connectivity index (χ4v) is 1.02. The number of carbonyl (C=O) groups is 1. The highest BCUT2D eigenvalue weighted by molar-refractivity contribution is 5.82. The van der Waals surface area contributed by atoms with Crippen LogP contribution in [0.1, 0.15) is 47.0 Å². The average molecular weight is 186 g/mol. The third-order valence-corrected chi connectivity index (χ3v) is 1.70. The molecule has 0 aliphatic carbocycles. The first-order valence-electron chi connectivity index (χ1n) is 4.94. The van der Waals surface area contributed by atoms with Crippen LogP contribution < -0.4 is 11.1 Å². The van der Waals surface area contributed by atoms with E-state index in [1.165, 1.54) is 0 Å². The highest BCUT2D eigenvalue weighted by atomic mass is 16.2. The minimum atomic E-state index is -0.348. The summed E-state index contributed by atoms with van der Waals surface area (Å²) in [7, 11) is 0. The second-order valence-electron chi connectivity index (χ2n) is 4.49. The van der Waals surface area contributed by atoms with Gasteiger partial charge in [0.1, 0.15) is 0 Å². The third kappa shape index (κ3) is 6.58. The quantitative estimate of drug-likeness (QED) is 0.697. The molecule has 0 aliphatic heterocycles. The van der Waals surface area contributed by atoms with E-state index < -0.39 is 0 Å². The average Bonchev–Trinajstić information content (AvgIpc) is 1.96. The molecule has 0 aliphatic rings. The Balaban J connectivity index is 3.83. The molecule has 13 heavy (non-hydrogen) atoms. The van der Waals surface area contributed by atoms with Crippen LogP contribution >= 0.6 is 0 Å². The first kappa shape index (κ1) is 12.4. The van der Waals surface area contributed by atoms with Gasteiger partial charge in [-0.1, -0.05) is 19.8 Å². The van der Waals surface area contributed by atoms with Crippen molar-refractivity contribution in [2.45, 2.75) is 58.5 Å². The van der Waals surface area contributed by atoms with Crippen LogP contribution in [0.15, 0.2) is 0 Å². The van der Waals surface area contributed by atoms with Crippen molar-refractivity contribution in [3.8, 4) is 0 Å². The Hall–Kier alpha value is -0.570. The molecule has 0 fully saturated rings. The smallest absolute Gasteiger partial charge is 0.237 e. The molecule has 1 atom stereocenters. The van der Waals surface area contributed by atoms with Gasteiger partial charge >= 0.3 is 0 Å². The highest BCUT2D eigenvalue weighted by Gasteiger charge is 2.18. The Kier molecular flexibility index (Phi) is 4.99. The lowest BCUT2D eigenvalue weighted by molar-refractivity contribution is -0.123. The maximum Gasteiger partial charge on any atom is 0.237 e. The Morgan fingerprint density at radius 2 is 2.00 bits per heavy atom. The maximum absolute atomic E-state index is 11.4. The van der Waals surface area contributed by atoms with Crippen molar-refractivity contribution >= 4 is 5.91 Å². The number of rotatable bonds is 4. The Morgan fingerprint density at radius 3 is 2.38 bits per heavy atom. The summed E-state index contributed by atoms with van der Waals surface area (Å²) in [6.45, 7) is 7.96. The summed E-state index contributed by atoms with van der Waals surface area (Å²) < 4.78 is 0. The SMILES string of the molecule is CCCC[C@H](N)C(=O)NC(C)(C)C. The summed E-state index contributed by atoms with van der Waals surface area (Å²) >= 11 is 0. The summed E-state index contributed by atoms with van der Waals surface area (Å²) in [5.41, 5.74) is 5.52. The largest absolute Gasteiger partial charge is 0.350 e. The Bertz CT molecular complexity index is 161. The van der Waals surface area contributed by atoms with Crippen molar-refractivity contribution in [1.82, 2.24) is 5.32 Å². The highest BCUT2D eigenvalue weighted by Crippen LogP contribution is 2.02. The van der Waals surface area contributed by atoms with Crippen molar-refractivity contribution in [1.29, 1.82) is 0 Å². The topological polar surface area (TPSA) is 55.1 Å². The molecule has 3 N–H and O–H groups in total. The first-order chi connectivity index (χ1) is 5.87. The van der Waals surface area contributed by atoms with Gasteiger partial charge in [-0.2, -0.15) is 0 Å². The number of amides is 1. The molecule has 3 heteroatoms. The molecule has 0 saturated carbocycles. The van der Waals surface area contributed by atoms with E-state index in [9.17, 15) is 4.79 Å². The number of nitrogens with one attached hydrogen (secondary N) is 1. The van der Waals surface area contributed by atoms with E-state index in [0.29, 0.717) is 0 Å². The second kappa shape index (κ2) is 5.22. The monoisotopic (exact) mass is 186 g/mol. The Labute approximate surface area is 81.1 Å². The molecule has 0 aromatic rings. The zero-order chi connectivity index (χ0) is 10.5. The minimum absolute atomic E-state index is 0.0408. The zero-order valence-electron chi connectivity index (χ0n) is 9.18. The third-order valence-electron chi connectivity index (χ3n) is 1.70. The summed E-state index contributed by atoms with van der Waals surface area (Å²) in [4.78, 5) is 11.4. The molecule has 0 heterocycles. The standard InChI is InChI=1S/C10H22N2O/c1-5-6-7-8(11)9(13)12-10(2,3)4/h8H,5-7,11H2,1-4H3,(H,12,13)/t8-/m0/s1. The van der Waals surface area contributed by atoms with Gasteiger partial charge in [-0.15, -0.1) is 0 Å². The van der Waals surface area contributed by atoms with Crippen LogP contribution in [0.5, 0.6) is 0 Å². The molecule has 3 nitrogen and oxygen atoms in total. The molecule has 0 aromatic heterocycles. The van der Waals surface area contributed by atoms with Gasteiger partial charge in [0.15, 0.2) is 0 Å². The number of nitrogens with two attached hydrogens (primary N) is 1. The van der Waals surface area contributed by atoms with E-state index in [1.807, 2.05) is 20.8 Å². The number of unbranched alkanes of at least 4 members (excludes halogenated alkanes) is 1. The molecule has 78 valence electrons. The molecule has 0 aromatic carbocycles. The summed E-state index contributed by atoms with van der Waals surface area (Å²) in [6.07, 6.45) is 2.87. The lowest BCUT2D eigenvalue weighted by atomic mass is 10.1. The fraction of sp³-hybridized carbons (Fsp3) is 0.900. The van der Waals surface area contributed by atoms with Crippen LogP contribution in [0.25, 0.3) is 0 Å². The summed E-state index contributed by atoms with van der Waals surface area (Å²) in [5, 5.41) is 2.86. The van der Waals surface area contributed by atoms with Crippen LogP contribution in [-0.4, -0.2) is 17.5 Å². The number of hydrogen-bond donors (Lipinski definition) is 2. The molecule has 0 bridgehead atoms. The van der Waals surface area contributed by atoms with E-state index in [1.54, 1.807) is 0 Å². The molecular weight excluding hydrogens is 164 g/mol. The fourth-order valence-electron chi connectivity index (χ4n) is 1.02. The molecule has 0 saturated heterocycles. The van der Waals surface area contributed by atoms with Gasteiger partial charge in [0, 0.05) is 5.54 Å². The van der Waals surface area contributed by atoms with E-state index in [4.69, 9.17) is 5.73 Å².